The summed E-state index contributed by atoms with van der Waals surface area (Å²) in [6, 6.07) is 10.8. The summed E-state index contributed by atoms with van der Waals surface area (Å²) in [6.07, 6.45) is 12.5. The van der Waals surface area contributed by atoms with Crippen molar-refractivity contribution in [3.8, 4) is 0 Å². The summed E-state index contributed by atoms with van der Waals surface area (Å²) in [6.45, 7) is 2.28. The highest BCUT2D eigenvalue weighted by atomic mass is 32.1. The van der Waals surface area contributed by atoms with E-state index < -0.39 is 0 Å². The third-order valence-electron chi connectivity index (χ3n) is 3.16. The highest BCUT2D eigenvalue weighted by Gasteiger charge is 1.93. The van der Waals surface area contributed by atoms with E-state index in [2.05, 4.69) is 49.5 Å². The summed E-state index contributed by atoms with van der Waals surface area (Å²) in [5.41, 5.74) is 1.49. The minimum atomic E-state index is 1.26. The standard InChI is InChI=1S/C16H26.CHNS/c1-2-3-4-5-6-7-8-10-13-16-14-11-9-12-15-16;2-1-3/h9,11-12,14-15H,2-8,10,13H2,1H3;2H. The molecule has 0 atom stereocenters. The van der Waals surface area contributed by atoms with Gasteiger partial charge in [0, 0.05) is 0 Å². The molecular formula is C17H27NS. The lowest BCUT2D eigenvalue weighted by Gasteiger charge is -2.02. The Hall–Kier alpha value is -0.980. The lowest BCUT2D eigenvalue weighted by Crippen LogP contribution is -1.85. The minimum Gasteiger partial charge on any atom is -0.248 e. The van der Waals surface area contributed by atoms with E-state index in [9.17, 15) is 0 Å². The van der Waals surface area contributed by atoms with Crippen LogP contribution in [0.4, 0.5) is 0 Å². The number of hydrogen-bond donors (Lipinski definition) is 1. The van der Waals surface area contributed by atoms with Crippen molar-refractivity contribution in [2.45, 2.75) is 64.7 Å². The molecule has 106 valence electrons. The number of nitrogens with one attached hydrogen (secondary N) is 1. The number of benzene rings is 1. The first-order chi connectivity index (χ1) is 9.35. The van der Waals surface area contributed by atoms with Gasteiger partial charge in [-0.25, -0.2) is 5.41 Å². The van der Waals surface area contributed by atoms with Gasteiger partial charge in [0.05, 0.1) is 5.16 Å². The summed E-state index contributed by atoms with van der Waals surface area (Å²) < 4.78 is 0. The van der Waals surface area contributed by atoms with Crippen LogP contribution in [0.15, 0.2) is 30.3 Å². The third kappa shape index (κ3) is 13.3. The molecule has 19 heavy (non-hydrogen) atoms. The molecule has 1 aromatic carbocycles. The van der Waals surface area contributed by atoms with Crippen LogP contribution in [0.25, 0.3) is 0 Å². The van der Waals surface area contributed by atoms with Gasteiger partial charge in [0.1, 0.15) is 0 Å². The topological polar surface area (TPSA) is 23.9 Å². The van der Waals surface area contributed by atoms with Crippen LogP contribution in [-0.4, -0.2) is 5.16 Å². The van der Waals surface area contributed by atoms with Gasteiger partial charge < -0.3 is 0 Å². The number of isothiocyanates is 1. The van der Waals surface area contributed by atoms with E-state index in [0.717, 1.165) is 0 Å². The maximum absolute atomic E-state index is 5.77. The van der Waals surface area contributed by atoms with Crippen LogP contribution in [0.2, 0.25) is 0 Å². The molecule has 0 aromatic heterocycles. The first kappa shape index (κ1) is 18.0. The van der Waals surface area contributed by atoms with Crippen molar-refractivity contribution in [1.82, 2.24) is 0 Å². The van der Waals surface area contributed by atoms with Crippen molar-refractivity contribution in [1.29, 1.82) is 5.41 Å². The van der Waals surface area contributed by atoms with Gasteiger partial charge in [-0.2, -0.15) is 0 Å². The molecule has 1 N–H and O–H groups in total. The monoisotopic (exact) mass is 277 g/mol. The Morgan fingerprint density at radius 1 is 0.895 bits per heavy atom. The van der Waals surface area contributed by atoms with Gasteiger partial charge in [-0.15, -0.1) is 0 Å². The molecule has 0 heterocycles. The van der Waals surface area contributed by atoms with Crippen molar-refractivity contribution >= 4 is 17.4 Å². The van der Waals surface area contributed by atoms with E-state index in [1.54, 1.807) is 5.16 Å². The fourth-order valence-corrected chi connectivity index (χ4v) is 2.11. The van der Waals surface area contributed by atoms with E-state index in [1.807, 2.05) is 0 Å². The average molecular weight is 277 g/mol. The highest BCUT2D eigenvalue weighted by Crippen LogP contribution is 2.10. The van der Waals surface area contributed by atoms with Crippen molar-refractivity contribution in [3.05, 3.63) is 35.9 Å². The Labute approximate surface area is 123 Å². The maximum atomic E-state index is 5.77. The van der Waals surface area contributed by atoms with E-state index in [4.69, 9.17) is 5.41 Å². The molecule has 0 unspecified atom stereocenters. The van der Waals surface area contributed by atoms with Crippen LogP contribution in [0.5, 0.6) is 0 Å². The van der Waals surface area contributed by atoms with Gasteiger partial charge >= 0.3 is 0 Å². The van der Waals surface area contributed by atoms with Crippen LogP contribution >= 0.6 is 12.2 Å². The Balaban J connectivity index is 0.000000982. The second-order valence-corrected chi connectivity index (χ2v) is 5.02. The van der Waals surface area contributed by atoms with Crippen LogP contribution in [0.3, 0.4) is 0 Å². The number of aryl methyl sites for hydroxylation is 1. The van der Waals surface area contributed by atoms with Gasteiger partial charge in [-0.3, -0.25) is 0 Å². The molecule has 0 aliphatic rings. The van der Waals surface area contributed by atoms with Crippen molar-refractivity contribution in [2.24, 2.45) is 0 Å². The summed E-state index contributed by atoms with van der Waals surface area (Å²) in [5, 5.41) is 7.36. The average Bonchev–Trinajstić information content (AvgIpc) is 2.44. The molecule has 0 saturated heterocycles. The SMILES string of the molecule is CCCCCCCCCCc1ccccc1.N=C=S. The molecule has 1 nitrogen and oxygen atoms in total. The Kier molecular flexibility index (Phi) is 14.3. The number of thiocarbonyl (C=S) groups is 1. The molecule has 0 spiro atoms. The smallest absolute Gasteiger partial charge is 0.0554 e. The molecule has 2 heteroatoms. The summed E-state index contributed by atoms with van der Waals surface area (Å²) in [7, 11) is 0. The molecule has 0 fully saturated rings. The van der Waals surface area contributed by atoms with Crippen LogP contribution < -0.4 is 0 Å². The molecule has 1 rings (SSSR count). The third-order valence-corrected chi connectivity index (χ3v) is 3.16. The first-order valence-corrected chi connectivity index (χ1v) is 7.83. The van der Waals surface area contributed by atoms with Gasteiger partial charge in [0.25, 0.3) is 0 Å². The normalized spacial score (nSPS) is 9.32. The van der Waals surface area contributed by atoms with Crippen LogP contribution in [0.1, 0.15) is 63.9 Å². The zero-order valence-corrected chi connectivity index (χ0v) is 13.0. The number of unbranched alkanes of at least 4 members (excludes halogenated alkanes) is 7. The van der Waals surface area contributed by atoms with Gasteiger partial charge in [0.2, 0.25) is 0 Å². The van der Waals surface area contributed by atoms with Gasteiger partial charge in [0.15, 0.2) is 0 Å². The zero-order valence-electron chi connectivity index (χ0n) is 12.2. The van der Waals surface area contributed by atoms with E-state index >= 15 is 0 Å². The highest BCUT2D eigenvalue weighted by molar-refractivity contribution is 7.78. The second-order valence-electron chi connectivity index (χ2n) is 4.81. The predicted octanol–water partition coefficient (Wildman–Crippen LogP) is 6.04. The Bertz CT molecular complexity index is 315. The maximum Gasteiger partial charge on any atom is 0.0554 e. The van der Waals surface area contributed by atoms with Gasteiger partial charge in [-0.05, 0) is 30.6 Å². The molecule has 0 bridgehead atoms. The summed E-state index contributed by atoms with van der Waals surface area (Å²) in [4.78, 5) is 0. The van der Waals surface area contributed by atoms with E-state index in [-0.39, 0.29) is 0 Å². The fraction of sp³-hybridized carbons (Fsp3) is 0.588. The molecule has 0 aliphatic heterocycles. The second kappa shape index (κ2) is 15.1. The lowest BCUT2D eigenvalue weighted by molar-refractivity contribution is 0.575. The predicted molar refractivity (Wildman–Crippen MR) is 88.1 cm³/mol. The lowest BCUT2D eigenvalue weighted by atomic mass is 10.0. The quantitative estimate of drug-likeness (QED) is 0.332. The molecule has 0 aliphatic carbocycles. The summed E-state index contributed by atoms with van der Waals surface area (Å²) >= 11 is 3.81. The molecule has 1 aromatic rings. The molecule has 0 radical (unpaired) electrons. The minimum absolute atomic E-state index is 1.26. The Morgan fingerprint density at radius 2 is 1.37 bits per heavy atom. The molecule has 0 saturated carbocycles. The van der Waals surface area contributed by atoms with Crippen LogP contribution in [-0.2, 0) is 6.42 Å². The fourth-order valence-electron chi connectivity index (χ4n) is 2.11. The molecule has 0 amide bonds. The van der Waals surface area contributed by atoms with Crippen LogP contribution in [0, 0.1) is 5.41 Å². The number of hydrogen-bond acceptors (Lipinski definition) is 2. The van der Waals surface area contributed by atoms with Crippen molar-refractivity contribution in [2.75, 3.05) is 0 Å². The first-order valence-electron chi connectivity index (χ1n) is 7.43. The summed E-state index contributed by atoms with van der Waals surface area (Å²) in [5.74, 6) is 0. The zero-order chi connectivity index (χ0) is 14.2. The van der Waals surface area contributed by atoms with E-state index in [1.165, 1.54) is 63.4 Å². The Morgan fingerprint density at radius 3 is 1.89 bits per heavy atom. The van der Waals surface area contributed by atoms with Gasteiger partial charge in [-0.1, -0.05) is 82.2 Å². The molecular weight excluding hydrogens is 250 g/mol. The largest absolute Gasteiger partial charge is 0.248 e. The van der Waals surface area contributed by atoms with Crippen molar-refractivity contribution < 1.29 is 0 Å². The number of rotatable bonds is 9. The van der Waals surface area contributed by atoms with E-state index in [0.29, 0.717) is 0 Å². The van der Waals surface area contributed by atoms with Crippen molar-refractivity contribution in [3.63, 3.8) is 0 Å².